The van der Waals surface area contributed by atoms with Gasteiger partial charge in [-0.3, -0.25) is 4.90 Å². The zero-order valence-corrected chi connectivity index (χ0v) is 14.0. The van der Waals surface area contributed by atoms with Crippen molar-refractivity contribution in [3.05, 3.63) is 18.0 Å². The average Bonchev–Trinajstić information content (AvgIpc) is 3.30. The first kappa shape index (κ1) is 14.7. The summed E-state index contributed by atoms with van der Waals surface area (Å²) in [5.41, 5.74) is 0.814. The number of hydrogen-bond donors (Lipinski definition) is 0. The highest BCUT2D eigenvalue weighted by Gasteiger charge is 2.49. The molecule has 6 heteroatoms. The summed E-state index contributed by atoms with van der Waals surface area (Å²) in [6, 6.07) is 0.436. The van der Waals surface area contributed by atoms with E-state index in [1.54, 1.807) is 0 Å². The maximum atomic E-state index is 12.3. The maximum absolute atomic E-state index is 12.3. The van der Waals surface area contributed by atoms with Crippen molar-refractivity contribution in [1.82, 2.24) is 14.9 Å². The monoisotopic (exact) mass is 316 g/mol. The fourth-order valence-corrected chi connectivity index (χ4v) is 3.51. The highest BCUT2D eigenvalue weighted by Crippen LogP contribution is 2.40. The van der Waals surface area contributed by atoms with Gasteiger partial charge in [0, 0.05) is 25.5 Å². The Morgan fingerprint density at radius 3 is 2.30 bits per heavy atom. The lowest BCUT2D eigenvalue weighted by Gasteiger charge is -2.55. The number of carbonyl (C=O) groups is 1. The zero-order valence-electron chi connectivity index (χ0n) is 14.0. The molecule has 1 aromatic rings. The number of aromatic nitrogens is 2. The summed E-state index contributed by atoms with van der Waals surface area (Å²) in [5.74, 6) is 1.47. The van der Waals surface area contributed by atoms with Crippen molar-refractivity contribution in [2.24, 2.45) is 0 Å². The van der Waals surface area contributed by atoms with Gasteiger partial charge in [-0.2, -0.15) is 0 Å². The Kier molecular flexibility index (Phi) is 3.25. The SMILES string of the molecule is CC(C)(C)OC(=O)N1C2CC1CN(c1ncc(C3CC3)cn1)C2. The largest absolute Gasteiger partial charge is 0.444 e. The van der Waals surface area contributed by atoms with Gasteiger partial charge < -0.3 is 9.64 Å². The van der Waals surface area contributed by atoms with Gasteiger partial charge >= 0.3 is 6.09 Å². The minimum absolute atomic E-state index is 0.191. The van der Waals surface area contributed by atoms with Crippen molar-refractivity contribution in [2.75, 3.05) is 18.0 Å². The quantitative estimate of drug-likeness (QED) is 0.839. The van der Waals surface area contributed by atoms with E-state index in [4.69, 9.17) is 4.74 Å². The van der Waals surface area contributed by atoms with E-state index in [2.05, 4.69) is 14.9 Å². The molecule has 4 aliphatic rings. The van der Waals surface area contributed by atoms with Crippen LogP contribution in [0.1, 0.15) is 51.5 Å². The van der Waals surface area contributed by atoms with Gasteiger partial charge in [-0.15, -0.1) is 0 Å². The molecular weight excluding hydrogens is 292 g/mol. The fourth-order valence-electron chi connectivity index (χ4n) is 3.51. The molecule has 1 aliphatic carbocycles. The normalized spacial score (nSPS) is 26.7. The molecule has 1 saturated carbocycles. The molecule has 2 atom stereocenters. The molecule has 4 heterocycles. The molecule has 1 amide bonds. The van der Waals surface area contributed by atoms with Crippen LogP contribution in [-0.4, -0.2) is 51.7 Å². The van der Waals surface area contributed by atoms with E-state index in [-0.39, 0.29) is 18.2 Å². The third-order valence-electron chi connectivity index (χ3n) is 4.79. The van der Waals surface area contributed by atoms with Crippen molar-refractivity contribution in [3.63, 3.8) is 0 Å². The summed E-state index contributed by atoms with van der Waals surface area (Å²) in [6.07, 6.45) is 7.32. The Balaban J connectivity index is 1.39. The second-order valence-corrected chi connectivity index (χ2v) is 7.93. The molecule has 0 spiro atoms. The van der Waals surface area contributed by atoms with Crippen molar-refractivity contribution < 1.29 is 9.53 Å². The molecule has 2 unspecified atom stereocenters. The number of piperidine rings is 1. The zero-order chi connectivity index (χ0) is 16.2. The number of piperazine rings is 1. The number of nitrogens with zero attached hydrogens (tertiary/aromatic N) is 4. The smallest absolute Gasteiger partial charge is 0.410 e. The minimum Gasteiger partial charge on any atom is -0.444 e. The molecule has 0 radical (unpaired) electrons. The Labute approximate surface area is 136 Å². The summed E-state index contributed by atoms with van der Waals surface area (Å²) in [5, 5.41) is 0. The van der Waals surface area contributed by atoms with E-state index in [1.165, 1.54) is 18.4 Å². The highest BCUT2D eigenvalue weighted by atomic mass is 16.6. The van der Waals surface area contributed by atoms with Crippen molar-refractivity contribution in [3.8, 4) is 0 Å². The molecule has 23 heavy (non-hydrogen) atoms. The number of rotatable bonds is 2. The molecule has 0 aromatic carbocycles. The van der Waals surface area contributed by atoms with Crippen LogP contribution in [0.3, 0.4) is 0 Å². The summed E-state index contributed by atoms with van der Waals surface area (Å²) in [7, 11) is 0. The van der Waals surface area contributed by atoms with Gasteiger partial charge in [0.25, 0.3) is 0 Å². The first-order valence-corrected chi connectivity index (χ1v) is 8.49. The number of anilines is 1. The van der Waals surface area contributed by atoms with Gasteiger partial charge in [0.1, 0.15) is 5.60 Å². The van der Waals surface area contributed by atoms with E-state index in [0.717, 1.165) is 25.5 Å². The lowest BCUT2D eigenvalue weighted by atomic mass is 9.88. The van der Waals surface area contributed by atoms with Gasteiger partial charge in [-0.1, -0.05) is 0 Å². The van der Waals surface area contributed by atoms with Crippen LogP contribution in [0, 0.1) is 0 Å². The molecule has 3 saturated heterocycles. The Bertz CT molecular complexity index is 594. The van der Waals surface area contributed by atoms with Crippen LogP contribution < -0.4 is 4.90 Å². The number of hydrogen-bond acceptors (Lipinski definition) is 5. The number of amides is 1. The standard InChI is InChI=1S/C17H24N4O2/c1-17(2,3)23-16(22)21-13-6-14(21)10-20(9-13)15-18-7-12(8-19-15)11-4-5-11/h7-8,11,13-14H,4-6,9-10H2,1-3H3. The summed E-state index contributed by atoms with van der Waals surface area (Å²) in [4.78, 5) is 25.4. The van der Waals surface area contributed by atoms with Crippen LogP contribution in [0.4, 0.5) is 10.7 Å². The van der Waals surface area contributed by atoms with Gasteiger partial charge in [0.05, 0.1) is 12.1 Å². The third kappa shape index (κ3) is 2.86. The van der Waals surface area contributed by atoms with Crippen LogP contribution in [0.15, 0.2) is 12.4 Å². The molecule has 4 fully saturated rings. The van der Waals surface area contributed by atoms with E-state index >= 15 is 0 Å². The third-order valence-corrected chi connectivity index (χ3v) is 4.79. The molecule has 0 N–H and O–H groups in total. The molecule has 6 nitrogen and oxygen atoms in total. The van der Waals surface area contributed by atoms with E-state index < -0.39 is 5.60 Å². The molecule has 5 rings (SSSR count). The molecular formula is C17H24N4O2. The number of fused-ring (bicyclic) bond motifs is 2. The predicted octanol–water partition coefficient (Wildman–Crippen LogP) is 2.55. The Hall–Kier alpha value is -1.85. The van der Waals surface area contributed by atoms with Gasteiger partial charge in [-0.25, -0.2) is 14.8 Å². The van der Waals surface area contributed by atoms with Crippen LogP contribution in [0.5, 0.6) is 0 Å². The van der Waals surface area contributed by atoms with E-state index in [9.17, 15) is 4.79 Å². The minimum atomic E-state index is -0.442. The topological polar surface area (TPSA) is 58.6 Å². The fraction of sp³-hybridized carbons (Fsp3) is 0.706. The Morgan fingerprint density at radius 2 is 1.78 bits per heavy atom. The van der Waals surface area contributed by atoms with Crippen LogP contribution >= 0.6 is 0 Å². The number of ether oxygens (including phenoxy) is 1. The first-order chi connectivity index (χ1) is 10.9. The first-order valence-electron chi connectivity index (χ1n) is 8.49. The highest BCUT2D eigenvalue weighted by molar-refractivity contribution is 5.71. The molecule has 2 bridgehead atoms. The lowest BCUT2D eigenvalue weighted by molar-refractivity contribution is -0.0381. The predicted molar refractivity (Wildman–Crippen MR) is 86.5 cm³/mol. The lowest BCUT2D eigenvalue weighted by Crippen LogP contribution is -2.70. The summed E-state index contributed by atoms with van der Waals surface area (Å²) >= 11 is 0. The molecule has 3 aliphatic heterocycles. The van der Waals surface area contributed by atoms with Crippen molar-refractivity contribution in [1.29, 1.82) is 0 Å². The molecule has 124 valence electrons. The van der Waals surface area contributed by atoms with E-state index in [0.29, 0.717) is 5.92 Å². The summed E-state index contributed by atoms with van der Waals surface area (Å²) in [6.45, 7) is 7.29. The Morgan fingerprint density at radius 1 is 1.17 bits per heavy atom. The second kappa shape index (κ2) is 5.08. The van der Waals surface area contributed by atoms with Crippen molar-refractivity contribution >= 4 is 12.0 Å². The second-order valence-electron chi connectivity index (χ2n) is 7.93. The maximum Gasteiger partial charge on any atom is 0.410 e. The van der Waals surface area contributed by atoms with E-state index in [1.807, 2.05) is 38.1 Å². The van der Waals surface area contributed by atoms with Crippen LogP contribution in [-0.2, 0) is 4.74 Å². The van der Waals surface area contributed by atoms with Crippen LogP contribution in [0.25, 0.3) is 0 Å². The van der Waals surface area contributed by atoms with Gasteiger partial charge in [-0.05, 0) is 51.5 Å². The summed E-state index contributed by atoms with van der Waals surface area (Å²) < 4.78 is 5.51. The van der Waals surface area contributed by atoms with Crippen LogP contribution in [0.2, 0.25) is 0 Å². The number of carbonyl (C=O) groups excluding carboxylic acids is 1. The van der Waals surface area contributed by atoms with Gasteiger partial charge in [0.15, 0.2) is 0 Å². The van der Waals surface area contributed by atoms with Gasteiger partial charge in [0.2, 0.25) is 5.95 Å². The average molecular weight is 316 g/mol. The molecule has 1 aromatic heterocycles. The van der Waals surface area contributed by atoms with Crippen molar-refractivity contribution in [2.45, 2.75) is 63.6 Å².